The fourth-order valence-electron chi connectivity index (χ4n) is 6.67. The van der Waals surface area contributed by atoms with Crippen molar-refractivity contribution in [2.75, 3.05) is 13.7 Å². The molecule has 37 heavy (non-hydrogen) atoms. The summed E-state index contributed by atoms with van der Waals surface area (Å²) in [4.78, 5) is 0. The molecule has 0 heterocycles. The molecule has 2 saturated carbocycles. The van der Waals surface area contributed by atoms with Crippen molar-refractivity contribution in [3.05, 3.63) is 64.1 Å². The largest absolute Gasteiger partial charge is 0.385 e. The standard InChI is InChI=1S/C25H40OSi.C7H19Si2.Y/c1-16-17(2)21(6)24(20(16)5)27(10,15-13-11-12-14-26-9)25-22(7)18(3)19(4)23(25)8;1-8(2,3)7-9(4,5)6;/h11-15H2,1-10H3;7H,1-6H3;/q;-1;. The predicted molar refractivity (Wildman–Crippen MR) is 171 cm³/mol. The van der Waals surface area contributed by atoms with Crippen LogP contribution >= 0.6 is 0 Å². The third-order valence-corrected chi connectivity index (χ3v) is 20.4. The number of methoxy groups -OCH3 is 1. The quantitative estimate of drug-likeness (QED) is 0.132. The summed E-state index contributed by atoms with van der Waals surface area (Å²) in [7, 11) is -1.70. The van der Waals surface area contributed by atoms with Gasteiger partial charge in [0.2, 0.25) is 0 Å². The van der Waals surface area contributed by atoms with Crippen LogP contribution < -0.4 is 0 Å². The van der Waals surface area contributed by atoms with Gasteiger partial charge in [-0.2, -0.15) is 0 Å². The minimum Gasteiger partial charge on any atom is -0.385 e. The van der Waals surface area contributed by atoms with E-state index < -0.39 is 24.2 Å². The minimum absolute atomic E-state index is 0. The molecule has 0 aliphatic heterocycles. The molecule has 0 bridgehead atoms. The third-order valence-electron chi connectivity index (χ3n) is 8.37. The molecule has 2 aliphatic rings. The average Bonchev–Trinajstić information content (AvgIpc) is 3.05. The molecule has 209 valence electrons. The predicted octanol–water partition coefficient (Wildman–Crippen LogP) is 9.83. The molecule has 0 aromatic rings. The number of hydrogen-bond acceptors (Lipinski definition) is 1. The summed E-state index contributed by atoms with van der Waals surface area (Å²) in [5.41, 5.74) is 6.10. The minimum atomic E-state index is -1.80. The second-order valence-corrected chi connectivity index (χ2v) is 28.5. The molecule has 0 aromatic carbocycles. The van der Waals surface area contributed by atoms with Gasteiger partial charge in [0.15, 0.2) is 0 Å². The van der Waals surface area contributed by atoms with Crippen molar-refractivity contribution in [1.29, 1.82) is 0 Å². The van der Waals surface area contributed by atoms with Crippen LogP contribution in [0, 0.1) is 64.1 Å². The van der Waals surface area contributed by atoms with Crippen LogP contribution in [0.4, 0.5) is 0 Å². The zero-order valence-electron chi connectivity index (χ0n) is 27.6. The Balaban J connectivity index is 0.00000111. The summed E-state index contributed by atoms with van der Waals surface area (Å²) in [6, 6.07) is 1.34. The topological polar surface area (TPSA) is 9.23 Å². The Morgan fingerprint density at radius 3 is 1.08 bits per heavy atom. The number of ether oxygens (including phenoxy) is 1. The Bertz CT molecular complexity index is 571. The van der Waals surface area contributed by atoms with E-state index in [2.05, 4.69) is 107 Å². The second-order valence-electron chi connectivity index (χ2n) is 13.8. The first-order chi connectivity index (χ1) is 16.3. The summed E-state index contributed by atoms with van der Waals surface area (Å²) >= 11 is 0. The van der Waals surface area contributed by atoms with Gasteiger partial charge in [0.05, 0.1) is 8.07 Å². The van der Waals surface area contributed by atoms with Gasteiger partial charge in [-0.05, 0) is 64.8 Å². The molecule has 1 nitrogen and oxygen atoms in total. The smallest absolute Gasteiger partial charge is 0.0663 e. The Hall–Kier alpha value is 1.71. The zero-order valence-corrected chi connectivity index (χ0v) is 33.4. The molecule has 5 heteroatoms. The van der Waals surface area contributed by atoms with E-state index in [-0.39, 0.29) is 32.7 Å². The molecule has 0 N–H and O–H groups in total. The molecule has 0 spiro atoms. The fourth-order valence-corrected chi connectivity index (χ4v) is 22.8. The maximum absolute atomic E-state index is 5.27. The molecule has 11 radical (unpaired) electrons. The number of rotatable bonds is 10. The Morgan fingerprint density at radius 1 is 0.514 bits per heavy atom. The van der Waals surface area contributed by atoms with E-state index in [0.29, 0.717) is 0 Å². The maximum atomic E-state index is 5.27. The van der Waals surface area contributed by atoms with E-state index in [0.717, 1.165) is 6.61 Å². The van der Waals surface area contributed by atoms with Gasteiger partial charge >= 0.3 is 0 Å². The molecule has 0 aromatic heterocycles. The van der Waals surface area contributed by atoms with Gasteiger partial charge in [-0.25, -0.2) is 0 Å². The van der Waals surface area contributed by atoms with Gasteiger partial charge in [0, 0.05) is 46.4 Å². The maximum Gasteiger partial charge on any atom is 0.0663 e. The summed E-state index contributed by atoms with van der Waals surface area (Å²) in [6.07, 6.45) is 3.75. The molecular weight excluding hydrogens is 574 g/mol. The van der Waals surface area contributed by atoms with Crippen LogP contribution in [-0.2, 0) is 37.4 Å². The molecule has 2 aliphatic carbocycles. The van der Waals surface area contributed by atoms with Crippen LogP contribution in [-0.4, -0.2) is 37.9 Å². The SMILES string of the molecule is COCCCCC[Si](C)([C]1[C](C)[C](C)[C](C)[C]1C)[C]1[C](C)[C](C)[C](C)[C]1C.C[Si](C)(C)[CH-][Si](C)(C)C.[Y]. The molecule has 0 amide bonds. The van der Waals surface area contributed by atoms with Crippen LogP contribution in [0.1, 0.15) is 74.7 Å². The van der Waals surface area contributed by atoms with E-state index in [1.165, 1.54) is 49.0 Å². The van der Waals surface area contributed by atoms with Crippen molar-refractivity contribution in [1.82, 2.24) is 0 Å². The Labute approximate surface area is 264 Å². The van der Waals surface area contributed by atoms with Gasteiger partial charge in [0.25, 0.3) is 0 Å². The van der Waals surface area contributed by atoms with E-state index in [1.54, 1.807) is 34.8 Å². The van der Waals surface area contributed by atoms with Crippen molar-refractivity contribution >= 4 is 24.2 Å². The molecule has 0 atom stereocenters. The molecule has 2 fully saturated rings. The first kappa shape index (κ1) is 38.7. The first-order valence-electron chi connectivity index (χ1n) is 14.1. The third kappa shape index (κ3) is 10.5. The average molecular weight is 633 g/mol. The van der Waals surface area contributed by atoms with Gasteiger partial charge in [0.1, 0.15) is 0 Å². The number of hydrogen-bond donors (Lipinski definition) is 0. The molecule has 0 unspecified atom stereocenters. The summed E-state index contributed by atoms with van der Waals surface area (Å²) < 4.78 is 5.27. The Kier molecular flexibility index (Phi) is 16.5. The van der Waals surface area contributed by atoms with Gasteiger partial charge < -0.3 is 10.4 Å². The van der Waals surface area contributed by atoms with Crippen LogP contribution in [0.25, 0.3) is 0 Å². The second kappa shape index (κ2) is 15.8. The monoisotopic (exact) mass is 632 g/mol. The Morgan fingerprint density at radius 2 is 0.838 bits per heavy atom. The fraction of sp³-hybridized carbons (Fsp3) is 0.656. The number of unbranched alkanes of at least 4 members (excludes halogenated alkanes) is 2. The zero-order chi connectivity index (χ0) is 28.2. The van der Waals surface area contributed by atoms with Crippen LogP contribution in [0.3, 0.4) is 0 Å². The van der Waals surface area contributed by atoms with E-state index >= 15 is 0 Å². The van der Waals surface area contributed by atoms with Crippen molar-refractivity contribution < 1.29 is 37.4 Å². The van der Waals surface area contributed by atoms with Crippen LogP contribution in [0.2, 0.25) is 51.9 Å². The summed E-state index contributed by atoms with van der Waals surface area (Å²) in [5, 5.41) is 0. The summed E-state index contributed by atoms with van der Waals surface area (Å²) in [5.74, 6) is 12.3. The van der Waals surface area contributed by atoms with Crippen LogP contribution in [0.15, 0.2) is 0 Å². The van der Waals surface area contributed by atoms with Crippen LogP contribution in [0.5, 0.6) is 0 Å². The van der Waals surface area contributed by atoms with Gasteiger partial charge in [-0.3, -0.25) is 0 Å². The first-order valence-corrected chi connectivity index (χ1v) is 24.0. The summed E-state index contributed by atoms with van der Waals surface area (Å²) in [6.45, 7) is 36.7. The van der Waals surface area contributed by atoms with Crippen molar-refractivity contribution in [2.45, 2.75) is 127 Å². The van der Waals surface area contributed by atoms with Gasteiger partial charge in [-0.1, -0.05) is 120 Å². The molecule has 0 saturated heterocycles. The van der Waals surface area contributed by atoms with E-state index in [1.807, 2.05) is 7.11 Å². The normalized spacial score (nSPS) is 22.1. The van der Waals surface area contributed by atoms with E-state index in [9.17, 15) is 0 Å². The molecule has 2 rings (SSSR count). The van der Waals surface area contributed by atoms with Crippen molar-refractivity contribution in [2.24, 2.45) is 0 Å². The van der Waals surface area contributed by atoms with Crippen molar-refractivity contribution in [3.63, 3.8) is 0 Å². The van der Waals surface area contributed by atoms with Gasteiger partial charge in [-0.15, -0.1) is 16.1 Å². The molecular formula is C32H59OSi3Y-. The van der Waals surface area contributed by atoms with E-state index in [4.69, 9.17) is 4.74 Å². The van der Waals surface area contributed by atoms with Crippen molar-refractivity contribution in [3.8, 4) is 0 Å².